The molecule has 0 radical (unpaired) electrons. The van der Waals surface area contributed by atoms with Crippen molar-refractivity contribution < 1.29 is 19.5 Å². The quantitative estimate of drug-likeness (QED) is 0.726. The first-order valence-electron chi connectivity index (χ1n) is 8.87. The van der Waals surface area contributed by atoms with Gasteiger partial charge in [0.05, 0.1) is 12.8 Å². The molecule has 4 rings (SSSR count). The topological polar surface area (TPSA) is 98.7 Å². The van der Waals surface area contributed by atoms with Crippen molar-refractivity contribution in [1.82, 2.24) is 5.32 Å². The van der Waals surface area contributed by atoms with Crippen LogP contribution >= 0.6 is 11.6 Å². The summed E-state index contributed by atoms with van der Waals surface area (Å²) >= 11 is 6.00. The molecule has 28 heavy (non-hydrogen) atoms. The third kappa shape index (κ3) is 3.12. The standard InChI is InChI=1S/C20H18ClN3O4/c21-13-5-6-15-14(10-13)20(28,11-17(25)23-15)19(27)22-7-8-24-16-4-2-1-3-12(16)9-18(24)26/h1-6,10,28H,7-9,11H2,(H,22,27)(H,23,25). The highest BCUT2D eigenvalue weighted by Crippen LogP contribution is 2.37. The van der Waals surface area contributed by atoms with E-state index in [0.29, 0.717) is 17.1 Å². The SMILES string of the molecule is O=C1CC(O)(C(=O)NCCN2C(=O)Cc3ccccc32)c2cc(Cl)ccc2N1. The number of hydrogen-bond donors (Lipinski definition) is 3. The monoisotopic (exact) mass is 399 g/mol. The van der Waals surface area contributed by atoms with E-state index < -0.39 is 23.8 Å². The second-order valence-electron chi connectivity index (χ2n) is 6.88. The molecule has 1 unspecified atom stereocenters. The Morgan fingerprint density at radius 2 is 2.04 bits per heavy atom. The first-order chi connectivity index (χ1) is 13.4. The maximum absolute atomic E-state index is 12.8. The van der Waals surface area contributed by atoms with Crippen LogP contribution in [0.3, 0.4) is 0 Å². The van der Waals surface area contributed by atoms with Crippen molar-refractivity contribution in [2.24, 2.45) is 0 Å². The summed E-state index contributed by atoms with van der Waals surface area (Å²) in [6.45, 7) is 0.408. The fraction of sp³-hybridized carbons (Fsp3) is 0.250. The molecule has 2 aromatic rings. The molecule has 0 fully saturated rings. The summed E-state index contributed by atoms with van der Waals surface area (Å²) in [5.41, 5.74) is 0.358. The molecule has 2 heterocycles. The Morgan fingerprint density at radius 3 is 2.86 bits per heavy atom. The van der Waals surface area contributed by atoms with Gasteiger partial charge in [0.2, 0.25) is 11.8 Å². The number of halogens is 1. The molecule has 7 nitrogen and oxygen atoms in total. The lowest BCUT2D eigenvalue weighted by Gasteiger charge is -2.33. The van der Waals surface area contributed by atoms with E-state index in [-0.39, 0.29) is 24.6 Å². The predicted octanol–water partition coefficient (Wildman–Crippen LogP) is 1.58. The summed E-state index contributed by atoms with van der Waals surface area (Å²) in [4.78, 5) is 38.5. The molecule has 2 aliphatic rings. The van der Waals surface area contributed by atoms with Crippen LogP contribution in [0, 0.1) is 0 Å². The number of carbonyl (C=O) groups is 3. The maximum Gasteiger partial charge on any atom is 0.257 e. The molecule has 8 heteroatoms. The van der Waals surface area contributed by atoms with Crippen LogP contribution in [-0.2, 0) is 26.4 Å². The highest BCUT2D eigenvalue weighted by Gasteiger charge is 2.45. The van der Waals surface area contributed by atoms with Crippen molar-refractivity contribution in [3.05, 3.63) is 58.6 Å². The number of fused-ring (bicyclic) bond motifs is 2. The minimum atomic E-state index is -2.02. The number of hydrogen-bond acceptors (Lipinski definition) is 4. The first-order valence-corrected chi connectivity index (χ1v) is 9.25. The highest BCUT2D eigenvalue weighted by atomic mass is 35.5. The minimum Gasteiger partial charge on any atom is -0.375 e. The van der Waals surface area contributed by atoms with Crippen molar-refractivity contribution in [2.75, 3.05) is 23.3 Å². The number of benzene rings is 2. The zero-order valence-electron chi connectivity index (χ0n) is 14.9. The molecule has 0 aliphatic carbocycles. The van der Waals surface area contributed by atoms with Crippen LogP contribution < -0.4 is 15.5 Å². The fourth-order valence-electron chi connectivity index (χ4n) is 3.68. The van der Waals surface area contributed by atoms with E-state index in [2.05, 4.69) is 10.6 Å². The van der Waals surface area contributed by atoms with Gasteiger partial charge in [-0.25, -0.2) is 0 Å². The van der Waals surface area contributed by atoms with Crippen molar-refractivity contribution in [3.63, 3.8) is 0 Å². The van der Waals surface area contributed by atoms with Crippen LogP contribution in [0.4, 0.5) is 11.4 Å². The van der Waals surface area contributed by atoms with Crippen LogP contribution in [0.15, 0.2) is 42.5 Å². The van der Waals surface area contributed by atoms with Gasteiger partial charge in [-0.05, 0) is 29.8 Å². The Bertz CT molecular complexity index is 993. The molecule has 0 saturated heterocycles. The lowest BCUT2D eigenvalue weighted by atomic mass is 9.85. The van der Waals surface area contributed by atoms with Gasteiger partial charge in [0.15, 0.2) is 5.60 Å². The fourth-order valence-corrected chi connectivity index (χ4v) is 3.85. The zero-order valence-corrected chi connectivity index (χ0v) is 15.6. The van der Waals surface area contributed by atoms with Crippen LogP contribution in [-0.4, -0.2) is 35.9 Å². The smallest absolute Gasteiger partial charge is 0.257 e. The lowest BCUT2D eigenvalue weighted by Crippen LogP contribution is -2.50. The molecule has 2 aromatic carbocycles. The number of nitrogens with zero attached hydrogens (tertiary/aromatic N) is 1. The summed E-state index contributed by atoms with van der Waals surface area (Å²) < 4.78 is 0. The third-order valence-corrected chi connectivity index (χ3v) is 5.27. The molecule has 0 aromatic heterocycles. The minimum absolute atomic E-state index is 0.0386. The summed E-state index contributed by atoms with van der Waals surface area (Å²) in [5, 5.41) is 16.6. The van der Waals surface area contributed by atoms with Gasteiger partial charge < -0.3 is 20.6 Å². The number of para-hydroxylation sites is 1. The molecule has 1 atom stereocenters. The number of nitrogens with one attached hydrogen (secondary N) is 2. The summed E-state index contributed by atoms with van der Waals surface area (Å²) in [5.74, 6) is -1.20. The molecule has 3 N–H and O–H groups in total. The van der Waals surface area contributed by atoms with Crippen LogP contribution in [0.5, 0.6) is 0 Å². The molecule has 0 bridgehead atoms. The summed E-state index contributed by atoms with van der Waals surface area (Å²) in [7, 11) is 0. The Morgan fingerprint density at radius 1 is 1.25 bits per heavy atom. The third-order valence-electron chi connectivity index (χ3n) is 5.04. The highest BCUT2D eigenvalue weighted by molar-refractivity contribution is 6.30. The molecule has 2 aliphatic heterocycles. The number of amides is 3. The van der Waals surface area contributed by atoms with E-state index in [1.54, 1.807) is 17.0 Å². The Hall–Kier alpha value is -2.90. The van der Waals surface area contributed by atoms with E-state index in [1.807, 2.05) is 24.3 Å². The average Bonchev–Trinajstić information content (AvgIpc) is 2.98. The van der Waals surface area contributed by atoms with E-state index in [0.717, 1.165) is 11.3 Å². The van der Waals surface area contributed by atoms with E-state index >= 15 is 0 Å². The van der Waals surface area contributed by atoms with Gasteiger partial charge in [-0.2, -0.15) is 0 Å². The Labute approximate surface area is 166 Å². The zero-order chi connectivity index (χ0) is 19.9. The molecule has 0 saturated carbocycles. The molecular formula is C20H18ClN3O4. The van der Waals surface area contributed by atoms with E-state index in [1.165, 1.54) is 6.07 Å². The van der Waals surface area contributed by atoms with Crippen LogP contribution in [0.2, 0.25) is 5.02 Å². The van der Waals surface area contributed by atoms with Crippen molar-refractivity contribution in [2.45, 2.75) is 18.4 Å². The van der Waals surface area contributed by atoms with Gasteiger partial charge in [-0.3, -0.25) is 14.4 Å². The van der Waals surface area contributed by atoms with Crippen LogP contribution in [0.25, 0.3) is 0 Å². The molecular weight excluding hydrogens is 382 g/mol. The largest absolute Gasteiger partial charge is 0.375 e. The van der Waals surface area contributed by atoms with Gasteiger partial charge in [-0.15, -0.1) is 0 Å². The van der Waals surface area contributed by atoms with Crippen molar-refractivity contribution in [3.8, 4) is 0 Å². The normalized spacial score (nSPS) is 20.4. The average molecular weight is 400 g/mol. The maximum atomic E-state index is 12.8. The van der Waals surface area contributed by atoms with Gasteiger partial charge in [0, 0.05) is 35.1 Å². The molecule has 144 valence electrons. The van der Waals surface area contributed by atoms with Crippen molar-refractivity contribution >= 4 is 40.7 Å². The van der Waals surface area contributed by atoms with E-state index in [9.17, 15) is 19.5 Å². The van der Waals surface area contributed by atoms with E-state index in [4.69, 9.17) is 11.6 Å². The lowest BCUT2D eigenvalue weighted by molar-refractivity contribution is -0.145. The molecule has 3 amide bonds. The van der Waals surface area contributed by atoms with Gasteiger partial charge >= 0.3 is 0 Å². The number of rotatable bonds is 4. The van der Waals surface area contributed by atoms with Crippen LogP contribution in [0.1, 0.15) is 17.5 Å². The summed E-state index contributed by atoms with van der Waals surface area (Å²) in [6, 6.07) is 12.1. The Kier molecular flexibility index (Phi) is 4.56. The van der Waals surface area contributed by atoms with Gasteiger partial charge in [0.25, 0.3) is 5.91 Å². The number of anilines is 2. The van der Waals surface area contributed by atoms with Gasteiger partial charge in [-0.1, -0.05) is 29.8 Å². The van der Waals surface area contributed by atoms with Gasteiger partial charge in [0.1, 0.15) is 0 Å². The second kappa shape index (κ2) is 6.92. The number of aliphatic hydroxyl groups is 1. The number of carbonyl (C=O) groups excluding carboxylic acids is 3. The second-order valence-corrected chi connectivity index (χ2v) is 7.32. The first kappa shape index (κ1) is 18.5. The predicted molar refractivity (Wildman–Crippen MR) is 104 cm³/mol. The van der Waals surface area contributed by atoms with Crippen molar-refractivity contribution in [1.29, 1.82) is 0 Å². The summed E-state index contributed by atoms with van der Waals surface area (Å²) in [6.07, 6.45) is -0.0717. The molecule has 0 spiro atoms. The Balaban J connectivity index is 1.48.